The van der Waals surface area contributed by atoms with E-state index < -0.39 is 40.6 Å². The monoisotopic (exact) mass is 568 g/mol. The minimum atomic E-state index is -1.30. The number of carboxylic acids is 1. The van der Waals surface area contributed by atoms with E-state index in [1.54, 1.807) is 6.92 Å². The van der Waals surface area contributed by atoms with Gasteiger partial charge in [-0.2, -0.15) is 0 Å². The topological polar surface area (TPSA) is 215 Å². The lowest BCUT2D eigenvalue weighted by Gasteiger charge is -2.49. The number of fused-ring (bicyclic) bond motifs is 1. The number of hydrogen-bond donors (Lipinski definition) is 4. The van der Waals surface area contributed by atoms with Crippen LogP contribution in [-0.4, -0.2) is 87.9 Å². The average molecular weight is 569 g/mol. The van der Waals surface area contributed by atoms with E-state index in [0.717, 1.165) is 32.6 Å². The first kappa shape index (κ1) is 26.4. The lowest BCUT2D eigenvalue weighted by molar-refractivity contribution is -0.150. The second-order valence-electron chi connectivity index (χ2n) is 7.51. The van der Waals surface area contributed by atoms with E-state index in [0.29, 0.717) is 5.57 Å². The Morgan fingerprint density at radius 3 is 2.78 bits per heavy atom. The van der Waals surface area contributed by atoms with Crippen LogP contribution in [0.3, 0.4) is 0 Å². The minimum absolute atomic E-state index is 0.102. The molecule has 2 aromatic rings. The van der Waals surface area contributed by atoms with Crippen LogP contribution in [0.15, 0.2) is 31.8 Å². The van der Waals surface area contributed by atoms with Gasteiger partial charge in [0.05, 0.1) is 0 Å². The summed E-state index contributed by atoms with van der Waals surface area (Å²) in [7, 11) is 1.40. The van der Waals surface area contributed by atoms with Crippen LogP contribution in [0.4, 0.5) is 5.13 Å². The molecule has 5 N–H and O–H groups in total. The number of aromatic nitrogens is 4. The third-order valence-electron chi connectivity index (χ3n) is 5.19. The van der Waals surface area contributed by atoms with Crippen molar-refractivity contribution >= 4 is 63.5 Å². The van der Waals surface area contributed by atoms with Gasteiger partial charge in [0.15, 0.2) is 16.0 Å². The molecule has 2 atom stereocenters. The number of oxime groups is 1. The number of nitrogens with two attached hydrogens (primary N) is 1. The van der Waals surface area contributed by atoms with Gasteiger partial charge in [-0.15, -0.1) is 33.3 Å². The molecule has 0 aliphatic carbocycles. The number of aromatic hydroxyl groups is 1. The first-order valence-electron chi connectivity index (χ1n) is 10.5. The molecule has 15 nitrogen and oxygen atoms in total. The minimum Gasteiger partial charge on any atom is -0.488 e. The largest absolute Gasteiger partial charge is 0.488 e. The van der Waals surface area contributed by atoms with Gasteiger partial charge in [0.2, 0.25) is 0 Å². The second-order valence-corrected chi connectivity index (χ2v) is 10.4. The van der Waals surface area contributed by atoms with Crippen molar-refractivity contribution in [3.05, 3.63) is 32.7 Å². The van der Waals surface area contributed by atoms with Crippen molar-refractivity contribution in [2.75, 3.05) is 23.8 Å². The lowest BCUT2D eigenvalue weighted by Crippen LogP contribution is -2.71. The second kappa shape index (κ2) is 10.8. The fourth-order valence-corrected chi connectivity index (χ4v) is 6.39. The van der Waals surface area contributed by atoms with Crippen LogP contribution >= 0.6 is 34.9 Å². The van der Waals surface area contributed by atoms with Gasteiger partial charge < -0.3 is 26.1 Å². The van der Waals surface area contributed by atoms with Crippen molar-refractivity contribution in [1.82, 2.24) is 30.0 Å². The van der Waals surface area contributed by atoms with Crippen LogP contribution in [0.1, 0.15) is 12.6 Å². The van der Waals surface area contributed by atoms with Crippen molar-refractivity contribution in [1.29, 1.82) is 0 Å². The van der Waals surface area contributed by atoms with Gasteiger partial charge in [0.1, 0.15) is 29.4 Å². The fraction of sp³-hybridized carbons (Fsp3) is 0.368. The molecule has 2 aromatic heterocycles. The van der Waals surface area contributed by atoms with Gasteiger partial charge in [-0.05, 0) is 12.5 Å². The third-order valence-corrected chi connectivity index (χ3v) is 8.31. The van der Waals surface area contributed by atoms with Crippen LogP contribution < -0.4 is 16.6 Å². The maximum absolute atomic E-state index is 13.0. The zero-order valence-electron chi connectivity index (χ0n) is 19.3. The molecule has 0 radical (unpaired) electrons. The normalized spacial score (nSPS) is 19.4. The first-order valence-corrected chi connectivity index (χ1v) is 13.4. The number of thiazole rings is 1. The van der Waals surface area contributed by atoms with Crippen molar-refractivity contribution in [3.8, 4) is 5.88 Å². The molecule has 1 saturated heterocycles. The van der Waals surface area contributed by atoms with E-state index >= 15 is 0 Å². The van der Waals surface area contributed by atoms with E-state index in [9.17, 15) is 29.4 Å². The molecule has 37 heavy (non-hydrogen) atoms. The van der Waals surface area contributed by atoms with Crippen LogP contribution in [-0.2, 0) is 26.3 Å². The summed E-state index contributed by atoms with van der Waals surface area (Å²) in [6, 6.07) is -0.993. The Morgan fingerprint density at radius 1 is 1.38 bits per heavy atom. The summed E-state index contributed by atoms with van der Waals surface area (Å²) in [6.45, 7) is 1.88. The smallest absolute Gasteiger partial charge is 0.352 e. The lowest BCUT2D eigenvalue weighted by atomic mass is 10.0. The Bertz CT molecular complexity index is 1390. The van der Waals surface area contributed by atoms with Gasteiger partial charge in [-0.25, -0.2) is 9.78 Å². The summed E-state index contributed by atoms with van der Waals surface area (Å²) in [6.07, 6.45) is 0. The standard InChI is InChI=1S/C19H20N8O7S3/c1-3-34-25-9(8-6-36-18(20)21-8)12(28)22-10-14(30)27-11(17(32)33)7(4-35-16(10)27)5-37-19-24-23-13(29)15(31)26(19)2/h6,10,16H,3-5H2,1-2H3,(H2,20,21)(H,22,28)(H,23,29)(H,32,33)/b25-9+/t10?,16-/m1/s1. The summed E-state index contributed by atoms with van der Waals surface area (Å²) in [5.74, 6) is -3.02. The quantitative estimate of drug-likeness (QED) is 0.126. The molecule has 2 aliphatic heterocycles. The number of nitrogen functional groups attached to an aromatic ring is 1. The van der Waals surface area contributed by atoms with Crippen LogP contribution in [0.25, 0.3) is 0 Å². The highest BCUT2D eigenvalue weighted by atomic mass is 32.2. The Morgan fingerprint density at radius 2 is 2.14 bits per heavy atom. The molecule has 2 amide bonds. The summed E-state index contributed by atoms with van der Waals surface area (Å²) < 4.78 is 1.09. The van der Waals surface area contributed by atoms with Crippen LogP contribution in [0.2, 0.25) is 0 Å². The summed E-state index contributed by atoms with van der Waals surface area (Å²) in [5.41, 5.74) is 5.17. The maximum atomic E-state index is 13.0. The molecular weight excluding hydrogens is 548 g/mol. The van der Waals surface area contributed by atoms with Crippen LogP contribution in [0, 0.1) is 0 Å². The molecule has 0 saturated carbocycles. The highest BCUT2D eigenvalue weighted by Crippen LogP contribution is 2.41. The highest BCUT2D eigenvalue weighted by Gasteiger charge is 2.54. The maximum Gasteiger partial charge on any atom is 0.352 e. The Kier molecular flexibility index (Phi) is 7.69. The summed E-state index contributed by atoms with van der Waals surface area (Å²) >= 11 is 3.42. The number of carbonyl (C=O) groups excluding carboxylic acids is 2. The molecule has 18 heteroatoms. The number of carboxylic acid groups (broad SMARTS) is 1. The SMILES string of the molecule is CCO/N=C(/C(=O)NC1C(=O)N2C(C(=O)O)=C(CSc3nnc(O)c(=O)n3C)CS[C@H]12)c1csc(N)n1. The molecule has 4 heterocycles. The number of nitrogens with zero attached hydrogens (tertiary/aromatic N) is 6. The van der Waals surface area contributed by atoms with Gasteiger partial charge in [0.25, 0.3) is 17.7 Å². The number of aliphatic carboxylic acids is 1. The van der Waals surface area contributed by atoms with E-state index in [1.165, 1.54) is 24.2 Å². The molecule has 1 fully saturated rings. The number of thioether (sulfide) groups is 2. The van der Waals surface area contributed by atoms with Crippen molar-refractivity contribution in [3.63, 3.8) is 0 Å². The van der Waals surface area contributed by atoms with Gasteiger partial charge in [-0.1, -0.05) is 16.9 Å². The average Bonchev–Trinajstić information content (AvgIpc) is 3.30. The predicted molar refractivity (Wildman–Crippen MR) is 134 cm³/mol. The molecule has 0 aromatic carbocycles. The van der Waals surface area contributed by atoms with Gasteiger partial charge in [-0.3, -0.25) is 23.9 Å². The number of anilines is 1. The zero-order chi connectivity index (χ0) is 26.9. The van der Waals surface area contributed by atoms with E-state index in [1.807, 2.05) is 0 Å². The fourth-order valence-electron chi connectivity index (χ4n) is 3.45. The zero-order valence-corrected chi connectivity index (χ0v) is 21.7. The molecular formula is C19H20N8O7S3. The van der Waals surface area contributed by atoms with Crippen molar-refractivity contribution in [2.45, 2.75) is 23.5 Å². The molecule has 4 rings (SSSR count). The third kappa shape index (κ3) is 5.12. The molecule has 1 unspecified atom stereocenters. The Labute approximate surface area is 220 Å². The van der Waals surface area contributed by atoms with Gasteiger partial charge >= 0.3 is 11.5 Å². The molecule has 196 valence electrons. The van der Waals surface area contributed by atoms with Gasteiger partial charge in [0, 0.05) is 23.9 Å². The number of β-lactam (4-membered cyclic amide) rings is 1. The predicted octanol–water partition coefficient (Wildman–Crippen LogP) is -0.809. The molecule has 0 spiro atoms. The Hall–Kier alpha value is -3.64. The number of hydrogen-bond acceptors (Lipinski definition) is 14. The van der Waals surface area contributed by atoms with E-state index in [-0.39, 0.29) is 45.5 Å². The summed E-state index contributed by atoms with van der Waals surface area (Å²) in [5, 5.41) is 34.0. The first-order chi connectivity index (χ1) is 17.6. The highest BCUT2D eigenvalue weighted by molar-refractivity contribution is 8.01. The number of nitrogens with one attached hydrogen (secondary N) is 1. The number of carbonyl (C=O) groups is 3. The molecule has 0 bridgehead atoms. The number of rotatable bonds is 9. The van der Waals surface area contributed by atoms with Crippen LogP contribution in [0.5, 0.6) is 5.88 Å². The van der Waals surface area contributed by atoms with E-state index in [4.69, 9.17) is 10.6 Å². The number of amides is 2. The van der Waals surface area contributed by atoms with E-state index in [2.05, 4.69) is 25.7 Å². The Balaban J connectivity index is 1.51. The molecule has 2 aliphatic rings. The van der Waals surface area contributed by atoms with Crippen molar-refractivity contribution in [2.24, 2.45) is 12.2 Å². The summed E-state index contributed by atoms with van der Waals surface area (Å²) in [4.78, 5) is 60.0. The van der Waals surface area contributed by atoms with Crippen molar-refractivity contribution < 1.29 is 29.4 Å².